The number of benzene rings is 2. The van der Waals surface area contributed by atoms with E-state index in [9.17, 15) is 31.5 Å². The fourth-order valence-corrected chi connectivity index (χ4v) is 2.48. The fraction of sp³-hybridized carbons (Fsp3) is 0.222. The molecule has 2 N–H and O–H groups in total. The second-order valence-corrected chi connectivity index (χ2v) is 6.12. The van der Waals surface area contributed by atoms with E-state index in [-0.39, 0.29) is 10.6 Å². The van der Waals surface area contributed by atoms with E-state index >= 15 is 0 Å². The molecular formula is C18H14ClF5N2O3. The molecule has 1 unspecified atom stereocenters. The largest absolute Gasteiger partial charge is 0.463 e. The highest BCUT2D eigenvalue weighted by Crippen LogP contribution is 2.34. The van der Waals surface area contributed by atoms with Crippen LogP contribution in [0.3, 0.4) is 0 Å². The van der Waals surface area contributed by atoms with Crippen molar-refractivity contribution in [3.05, 3.63) is 64.7 Å². The molecule has 2 aromatic carbocycles. The molecule has 5 nitrogen and oxygen atoms in total. The molecule has 0 fully saturated rings. The summed E-state index contributed by atoms with van der Waals surface area (Å²) in [5.74, 6) is -5.98. The Balaban J connectivity index is 2.54. The monoisotopic (exact) mass is 436 g/mol. The maximum Gasteiger partial charge on any atom is 0.441 e. The second kappa shape index (κ2) is 8.64. The Kier molecular flexibility index (Phi) is 6.68. The second-order valence-electron chi connectivity index (χ2n) is 5.69. The first-order valence-electron chi connectivity index (χ1n) is 8.05. The molecule has 29 heavy (non-hydrogen) atoms. The minimum absolute atomic E-state index is 0.0694. The Hall–Kier alpha value is -2.88. The number of esters is 1. The Bertz CT molecular complexity index is 923. The van der Waals surface area contributed by atoms with Gasteiger partial charge in [0.25, 0.3) is 5.91 Å². The normalized spacial score (nSPS) is 13.3. The molecule has 0 aliphatic rings. The zero-order chi connectivity index (χ0) is 21.8. The molecule has 0 spiro atoms. The lowest BCUT2D eigenvalue weighted by Gasteiger charge is -2.35. The Morgan fingerprint density at radius 3 is 2.31 bits per heavy atom. The van der Waals surface area contributed by atoms with Crippen molar-refractivity contribution in [2.45, 2.75) is 18.8 Å². The molecule has 156 valence electrons. The van der Waals surface area contributed by atoms with Crippen molar-refractivity contribution in [1.82, 2.24) is 5.32 Å². The van der Waals surface area contributed by atoms with E-state index < -0.39 is 47.6 Å². The maximum absolute atomic E-state index is 14.0. The van der Waals surface area contributed by atoms with Gasteiger partial charge in [0.1, 0.15) is 0 Å². The van der Waals surface area contributed by atoms with Crippen molar-refractivity contribution in [3.63, 3.8) is 0 Å². The van der Waals surface area contributed by atoms with Gasteiger partial charge >= 0.3 is 17.8 Å². The topological polar surface area (TPSA) is 67.4 Å². The number of carbonyl (C=O) groups excluding carboxylic acids is 2. The van der Waals surface area contributed by atoms with Gasteiger partial charge in [-0.05, 0) is 37.3 Å². The molecule has 0 saturated heterocycles. The molecule has 11 heteroatoms. The molecule has 2 rings (SSSR count). The van der Waals surface area contributed by atoms with Crippen LogP contribution in [0.2, 0.25) is 5.02 Å². The van der Waals surface area contributed by atoms with Crippen LogP contribution in [0, 0.1) is 11.6 Å². The minimum atomic E-state index is -5.43. The van der Waals surface area contributed by atoms with E-state index in [1.807, 2.05) is 0 Å². The van der Waals surface area contributed by atoms with Crippen LogP contribution in [-0.4, -0.2) is 30.3 Å². The van der Waals surface area contributed by atoms with Crippen LogP contribution in [0.1, 0.15) is 17.3 Å². The van der Waals surface area contributed by atoms with E-state index in [2.05, 4.69) is 4.74 Å². The van der Waals surface area contributed by atoms with Crippen molar-refractivity contribution >= 4 is 29.2 Å². The summed E-state index contributed by atoms with van der Waals surface area (Å²) in [4.78, 5) is 24.7. The number of rotatable bonds is 6. The highest BCUT2D eigenvalue weighted by atomic mass is 35.5. The Morgan fingerprint density at radius 1 is 1.07 bits per heavy atom. The minimum Gasteiger partial charge on any atom is -0.463 e. The summed E-state index contributed by atoms with van der Waals surface area (Å²) < 4.78 is 73.1. The number of carbonyl (C=O) groups is 2. The molecule has 1 amide bonds. The third-order valence-electron chi connectivity index (χ3n) is 3.65. The molecule has 0 heterocycles. The number of hydrogen-bond donors (Lipinski definition) is 2. The first-order chi connectivity index (χ1) is 13.5. The standard InChI is InChI=1S/C18H14ClF5N2O3/c1-2-29-16(28)17(18(22,23)24,25-12-6-7-13(20)14(21)9-12)26-15(27)10-4-3-5-11(19)8-10/h3-9,25H,2H2,1H3,(H,26,27). The summed E-state index contributed by atoms with van der Waals surface area (Å²) >= 11 is 5.74. The van der Waals surface area contributed by atoms with Crippen molar-refractivity contribution < 1.29 is 36.3 Å². The van der Waals surface area contributed by atoms with Gasteiger partial charge in [0.15, 0.2) is 11.6 Å². The van der Waals surface area contributed by atoms with Gasteiger partial charge in [-0.3, -0.25) is 4.79 Å². The van der Waals surface area contributed by atoms with Crippen LogP contribution < -0.4 is 10.6 Å². The number of nitrogens with one attached hydrogen (secondary N) is 2. The number of anilines is 1. The van der Waals surface area contributed by atoms with Gasteiger partial charge in [-0.1, -0.05) is 17.7 Å². The molecular weight excluding hydrogens is 423 g/mol. The summed E-state index contributed by atoms with van der Waals surface area (Å²) in [6, 6.07) is 6.69. The quantitative estimate of drug-likeness (QED) is 0.403. The van der Waals surface area contributed by atoms with Crippen molar-refractivity contribution in [2.75, 3.05) is 11.9 Å². The van der Waals surface area contributed by atoms with Gasteiger partial charge in [-0.25, -0.2) is 13.6 Å². The number of halogens is 6. The number of alkyl halides is 3. The predicted molar refractivity (Wildman–Crippen MR) is 94.3 cm³/mol. The van der Waals surface area contributed by atoms with Crippen LogP contribution >= 0.6 is 11.6 Å². The van der Waals surface area contributed by atoms with E-state index in [1.165, 1.54) is 25.1 Å². The van der Waals surface area contributed by atoms with Crippen molar-refractivity contribution in [2.24, 2.45) is 0 Å². The van der Waals surface area contributed by atoms with Gasteiger partial charge in [0.2, 0.25) is 0 Å². The smallest absolute Gasteiger partial charge is 0.441 e. The van der Waals surface area contributed by atoms with Gasteiger partial charge in [-0.2, -0.15) is 13.2 Å². The molecule has 0 radical (unpaired) electrons. The van der Waals surface area contributed by atoms with Gasteiger partial charge < -0.3 is 15.4 Å². The zero-order valence-electron chi connectivity index (χ0n) is 14.7. The summed E-state index contributed by atoms with van der Waals surface area (Å²) in [6.45, 7) is 0.818. The molecule has 2 aromatic rings. The lowest BCUT2D eigenvalue weighted by Crippen LogP contribution is -2.69. The summed E-state index contributed by atoms with van der Waals surface area (Å²) in [5, 5.41) is 3.36. The first kappa shape index (κ1) is 22.4. The van der Waals surface area contributed by atoms with Crippen LogP contribution in [-0.2, 0) is 9.53 Å². The third kappa shape index (κ3) is 4.94. The highest BCUT2D eigenvalue weighted by molar-refractivity contribution is 6.31. The lowest BCUT2D eigenvalue weighted by molar-refractivity contribution is -0.204. The van der Waals surface area contributed by atoms with E-state index in [1.54, 1.807) is 10.6 Å². The summed E-state index contributed by atoms with van der Waals surface area (Å²) in [5.41, 5.74) is -4.68. The van der Waals surface area contributed by atoms with E-state index in [4.69, 9.17) is 11.6 Å². The van der Waals surface area contributed by atoms with Crippen LogP contribution in [0.5, 0.6) is 0 Å². The predicted octanol–water partition coefficient (Wildman–Crippen LogP) is 4.28. The Morgan fingerprint density at radius 2 is 1.76 bits per heavy atom. The number of hydrogen-bond acceptors (Lipinski definition) is 4. The van der Waals surface area contributed by atoms with Crippen LogP contribution in [0.4, 0.5) is 27.6 Å². The molecule has 0 saturated carbocycles. The molecule has 0 aliphatic carbocycles. The van der Waals surface area contributed by atoms with Crippen molar-refractivity contribution in [3.8, 4) is 0 Å². The molecule has 0 aromatic heterocycles. The zero-order valence-corrected chi connectivity index (χ0v) is 15.5. The molecule has 0 aliphatic heterocycles. The lowest BCUT2D eigenvalue weighted by atomic mass is 10.1. The fourth-order valence-electron chi connectivity index (χ4n) is 2.29. The van der Waals surface area contributed by atoms with Crippen molar-refractivity contribution in [1.29, 1.82) is 0 Å². The summed E-state index contributed by atoms with van der Waals surface area (Å²) in [7, 11) is 0. The van der Waals surface area contributed by atoms with E-state index in [0.717, 1.165) is 12.1 Å². The third-order valence-corrected chi connectivity index (χ3v) is 3.88. The van der Waals surface area contributed by atoms with Gasteiger partial charge in [0.05, 0.1) is 6.61 Å². The molecule has 1 atom stereocenters. The average Bonchev–Trinajstić information content (AvgIpc) is 2.63. The average molecular weight is 437 g/mol. The van der Waals surface area contributed by atoms with Crippen LogP contribution in [0.15, 0.2) is 42.5 Å². The van der Waals surface area contributed by atoms with Crippen LogP contribution in [0.25, 0.3) is 0 Å². The number of amides is 1. The van der Waals surface area contributed by atoms with Gasteiger partial charge in [0, 0.05) is 22.3 Å². The molecule has 0 bridgehead atoms. The maximum atomic E-state index is 14.0. The SMILES string of the molecule is CCOC(=O)C(NC(=O)c1cccc(Cl)c1)(Nc1ccc(F)c(F)c1)C(F)(F)F. The highest BCUT2D eigenvalue weighted by Gasteiger charge is 2.63. The Labute approximate surface area is 166 Å². The van der Waals surface area contributed by atoms with Gasteiger partial charge in [-0.15, -0.1) is 0 Å². The summed E-state index contributed by atoms with van der Waals surface area (Å²) in [6.07, 6.45) is -5.43. The first-order valence-corrected chi connectivity index (χ1v) is 8.43. The van der Waals surface area contributed by atoms with E-state index in [0.29, 0.717) is 12.1 Å². The number of ether oxygens (including phenoxy) is 1.